The minimum Gasteiger partial charge on any atom is -0.497 e. The van der Waals surface area contributed by atoms with E-state index < -0.39 is 0 Å². The minimum absolute atomic E-state index is 0.357. The highest BCUT2D eigenvalue weighted by Gasteiger charge is 2.11. The molecule has 0 saturated heterocycles. The van der Waals surface area contributed by atoms with Gasteiger partial charge >= 0.3 is 0 Å². The molecule has 0 bridgehead atoms. The zero-order chi connectivity index (χ0) is 12.3. The van der Waals surface area contributed by atoms with E-state index in [1.807, 2.05) is 24.3 Å². The average molecular weight is 245 g/mol. The Hall–Kier alpha value is -1.90. The van der Waals surface area contributed by atoms with Gasteiger partial charge in [0.15, 0.2) is 5.69 Å². The van der Waals surface area contributed by atoms with Gasteiger partial charge in [0, 0.05) is 6.54 Å². The number of nitrogens with zero attached hydrogens (tertiary/aromatic N) is 2. The van der Waals surface area contributed by atoms with Gasteiger partial charge in [0.25, 0.3) is 0 Å². The van der Waals surface area contributed by atoms with Gasteiger partial charge in [-0.2, -0.15) is 5.26 Å². The van der Waals surface area contributed by atoms with Gasteiger partial charge in [-0.3, -0.25) is 0 Å². The number of hydrogen-bond acceptors (Lipinski definition) is 5. The number of benzene rings is 1. The van der Waals surface area contributed by atoms with Gasteiger partial charge < -0.3 is 10.5 Å². The number of aromatic nitrogens is 1. The van der Waals surface area contributed by atoms with Crippen molar-refractivity contribution in [2.45, 2.75) is 6.54 Å². The second kappa shape index (κ2) is 4.95. The zero-order valence-corrected chi connectivity index (χ0v) is 10.1. The van der Waals surface area contributed by atoms with Crippen LogP contribution in [-0.2, 0) is 6.54 Å². The van der Waals surface area contributed by atoms with Crippen LogP contribution in [-0.4, -0.2) is 12.1 Å². The highest BCUT2D eigenvalue weighted by atomic mass is 32.1. The smallest absolute Gasteiger partial charge is 0.159 e. The third-order valence-electron chi connectivity index (χ3n) is 2.30. The van der Waals surface area contributed by atoms with Crippen LogP contribution >= 0.6 is 11.3 Å². The van der Waals surface area contributed by atoms with Crippen molar-refractivity contribution in [3.05, 3.63) is 35.0 Å². The molecule has 0 amide bonds. The predicted molar refractivity (Wildman–Crippen MR) is 66.7 cm³/mol. The monoisotopic (exact) mass is 245 g/mol. The summed E-state index contributed by atoms with van der Waals surface area (Å²) in [4.78, 5) is 5.02. The third-order valence-corrected chi connectivity index (χ3v) is 3.43. The van der Waals surface area contributed by atoms with Crippen LogP contribution in [0.4, 0.5) is 0 Å². The van der Waals surface area contributed by atoms with Crippen molar-refractivity contribution in [2.75, 3.05) is 7.11 Å². The molecular formula is C12H11N3OS. The fraction of sp³-hybridized carbons (Fsp3) is 0.167. The number of methoxy groups -OCH3 is 1. The average Bonchev–Trinajstić information content (AvgIpc) is 2.82. The maximum Gasteiger partial charge on any atom is 0.159 e. The normalized spacial score (nSPS) is 9.94. The molecule has 0 fully saturated rings. The van der Waals surface area contributed by atoms with Crippen LogP contribution in [0.1, 0.15) is 10.7 Å². The van der Waals surface area contributed by atoms with E-state index in [4.69, 9.17) is 15.7 Å². The van der Waals surface area contributed by atoms with Crippen molar-refractivity contribution < 1.29 is 4.74 Å². The Morgan fingerprint density at radius 3 is 2.65 bits per heavy atom. The van der Waals surface area contributed by atoms with Crippen molar-refractivity contribution in [3.8, 4) is 22.3 Å². The van der Waals surface area contributed by atoms with E-state index in [1.165, 1.54) is 11.3 Å². The van der Waals surface area contributed by atoms with Gasteiger partial charge in [0.1, 0.15) is 16.8 Å². The second-order valence-electron chi connectivity index (χ2n) is 3.33. The van der Waals surface area contributed by atoms with Crippen LogP contribution < -0.4 is 10.5 Å². The topological polar surface area (TPSA) is 71.9 Å². The molecule has 0 aliphatic rings. The van der Waals surface area contributed by atoms with Crippen molar-refractivity contribution in [3.63, 3.8) is 0 Å². The summed E-state index contributed by atoms with van der Waals surface area (Å²) in [6.45, 7) is 0.357. The molecule has 1 aromatic heterocycles. The summed E-state index contributed by atoms with van der Waals surface area (Å²) >= 11 is 1.45. The minimum atomic E-state index is 0.357. The zero-order valence-electron chi connectivity index (χ0n) is 9.30. The molecule has 0 atom stereocenters. The largest absolute Gasteiger partial charge is 0.497 e. The Morgan fingerprint density at radius 1 is 1.41 bits per heavy atom. The SMILES string of the molecule is COc1ccc(-c2sc(CN)nc2C#N)cc1. The standard InChI is InChI=1S/C12H11N3OS/c1-16-9-4-2-8(3-5-9)12-10(6-13)15-11(7-14)17-12/h2-5H,7,14H2,1H3. The summed E-state index contributed by atoms with van der Waals surface area (Å²) in [5.41, 5.74) is 6.92. The summed E-state index contributed by atoms with van der Waals surface area (Å²) in [6, 6.07) is 9.63. The molecule has 2 aromatic rings. The van der Waals surface area contributed by atoms with E-state index in [1.54, 1.807) is 7.11 Å². The Labute approximate surface area is 103 Å². The number of hydrogen-bond donors (Lipinski definition) is 1. The van der Waals surface area contributed by atoms with E-state index in [-0.39, 0.29) is 0 Å². The Bertz CT molecular complexity index is 554. The van der Waals surface area contributed by atoms with Crippen molar-refractivity contribution >= 4 is 11.3 Å². The van der Waals surface area contributed by atoms with Crippen LogP contribution in [0.2, 0.25) is 0 Å². The summed E-state index contributed by atoms with van der Waals surface area (Å²) in [7, 11) is 1.62. The van der Waals surface area contributed by atoms with Gasteiger partial charge in [0.2, 0.25) is 0 Å². The molecule has 86 valence electrons. The van der Waals surface area contributed by atoms with Crippen molar-refractivity contribution in [1.29, 1.82) is 5.26 Å². The molecule has 0 radical (unpaired) electrons. The van der Waals surface area contributed by atoms with Gasteiger partial charge in [-0.05, 0) is 29.8 Å². The van der Waals surface area contributed by atoms with Crippen LogP contribution in [0.15, 0.2) is 24.3 Å². The molecule has 1 aromatic carbocycles. The summed E-state index contributed by atoms with van der Waals surface area (Å²) < 4.78 is 5.09. The lowest BCUT2D eigenvalue weighted by molar-refractivity contribution is 0.415. The van der Waals surface area contributed by atoms with E-state index >= 15 is 0 Å². The summed E-state index contributed by atoms with van der Waals surface area (Å²) in [6.07, 6.45) is 0. The molecule has 0 saturated carbocycles. The molecule has 1 heterocycles. The first kappa shape index (κ1) is 11.6. The number of ether oxygens (including phenoxy) is 1. The maximum atomic E-state index is 9.02. The van der Waals surface area contributed by atoms with E-state index in [0.717, 1.165) is 21.2 Å². The number of nitriles is 1. The quantitative estimate of drug-likeness (QED) is 0.899. The van der Waals surface area contributed by atoms with E-state index in [2.05, 4.69) is 11.1 Å². The predicted octanol–water partition coefficient (Wildman–Crippen LogP) is 2.15. The van der Waals surface area contributed by atoms with Gasteiger partial charge in [0.05, 0.1) is 12.0 Å². The molecule has 0 unspecified atom stereocenters. The molecule has 0 spiro atoms. The molecule has 17 heavy (non-hydrogen) atoms. The number of rotatable bonds is 3. The molecule has 5 heteroatoms. The maximum absolute atomic E-state index is 9.02. The van der Waals surface area contributed by atoms with Crippen LogP contribution in [0, 0.1) is 11.3 Å². The molecule has 0 aliphatic carbocycles. The van der Waals surface area contributed by atoms with Crippen LogP contribution in [0.5, 0.6) is 5.75 Å². The molecular weight excluding hydrogens is 234 g/mol. The highest BCUT2D eigenvalue weighted by molar-refractivity contribution is 7.15. The van der Waals surface area contributed by atoms with Gasteiger partial charge in [-0.1, -0.05) is 0 Å². The first-order valence-electron chi connectivity index (χ1n) is 5.02. The van der Waals surface area contributed by atoms with Crippen molar-refractivity contribution in [1.82, 2.24) is 4.98 Å². The van der Waals surface area contributed by atoms with E-state index in [0.29, 0.717) is 12.2 Å². The third kappa shape index (κ3) is 2.28. The number of nitrogens with two attached hydrogens (primary N) is 1. The lowest BCUT2D eigenvalue weighted by atomic mass is 10.1. The molecule has 4 nitrogen and oxygen atoms in total. The van der Waals surface area contributed by atoms with Crippen LogP contribution in [0.3, 0.4) is 0 Å². The van der Waals surface area contributed by atoms with Gasteiger partial charge in [-0.15, -0.1) is 11.3 Å². The Morgan fingerprint density at radius 2 is 2.12 bits per heavy atom. The molecule has 2 N–H and O–H groups in total. The number of thiazole rings is 1. The molecule has 0 aliphatic heterocycles. The fourth-order valence-electron chi connectivity index (χ4n) is 1.47. The lowest BCUT2D eigenvalue weighted by Gasteiger charge is -2.01. The highest BCUT2D eigenvalue weighted by Crippen LogP contribution is 2.30. The van der Waals surface area contributed by atoms with Crippen LogP contribution in [0.25, 0.3) is 10.4 Å². The van der Waals surface area contributed by atoms with Crippen molar-refractivity contribution in [2.24, 2.45) is 5.73 Å². The first-order valence-corrected chi connectivity index (χ1v) is 5.84. The first-order chi connectivity index (χ1) is 8.28. The Balaban J connectivity index is 2.44. The molecule has 2 rings (SSSR count). The summed E-state index contributed by atoms with van der Waals surface area (Å²) in [5, 5.41) is 9.79. The summed E-state index contributed by atoms with van der Waals surface area (Å²) in [5.74, 6) is 0.788. The van der Waals surface area contributed by atoms with Gasteiger partial charge in [-0.25, -0.2) is 4.98 Å². The van der Waals surface area contributed by atoms with E-state index in [9.17, 15) is 0 Å². The Kier molecular flexibility index (Phi) is 3.38. The lowest BCUT2D eigenvalue weighted by Crippen LogP contribution is -1.94. The fourth-order valence-corrected chi connectivity index (χ4v) is 2.36. The second-order valence-corrected chi connectivity index (χ2v) is 4.41.